The zero-order valence-electron chi connectivity index (χ0n) is 15.6. The Kier molecular flexibility index (Phi) is 6.53. The molecule has 2 aliphatic rings. The highest BCUT2D eigenvalue weighted by Crippen LogP contribution is 2.26. The summed E-state index contributed by atoms with van der Waals surface area (Å²) in [6.07, 6.45) is 7.58. The molecule has 1 saturated carbocycles. The van der Waals surface area contributed by atoms with Crippen molar-refractivity contribution in [1.29, 1.82) is 0 Å². The Morgan fingerprint density at radius 2 is 1.60 bits per heavy atom. The van der Waals surface area contributed by atoms with Crippen LogP contribution in [0.5, 0.6) is 0 Å². The van der Waals surface area contributed by atoms with Crippen molar-refractivity contribution in [3.8, 4) is 11.8 Å². The highest BCUT2D eigenvalue weighted by atomic mass is 16.3. The molecule has 3 nitrogen and oxygen atoms in total. The zero-order chi connectivity index (χ0) is 17.5. The van der Waals surface area contributed by atoms with E-state index >= 15 is 0 Å². The first-order chi connectivity index (χ1) is 12.1. The second kappa shape index (κ2) is 8.85. The summed E-state index contributed by atoms with van der Waals surface area (Å²) in [6.45, 7) is 5.45. The number of nitrogens with zero attached hydrogens (tertiary/aromatic N) is 2. The van der Waals surface area contributed by atoms with Crippen LogP contribution in [0.25, 0.3) is 0 Å². The van der Waals surface area contributed by atoms with Gasteiger partial charge in [0, 0.05) is 38.3 Å². The van der Waals surface area contributed by atoms with Gasteiger partial charge in [0.05, 0.1) is 0 Å². The minimum atomic E-state index is -0.790. The van der Waals surface area contributed by atoms with Crippen LogP contribution in [0.2, 0.25) is 0 Å². The van der Waals surface area contributed by atoms with Crippen LogP contribution in [0.4, 0.5) is 0 Å². The van der Waals surface area contributed by atoms with E-state index in [2.05, 4.69) is 53.0 Å². The van der Waals surface area contributed by atoms with Gasteiger partial charge in [-0.05, 0) is 44.4 Å². The normalized spacial score (nSPS) is 22.5. The maximum atomic E-state index is 10.9. The molecule has 136 valence electrons. The van der Waals surface area contributed by atoms with Crippen LogP contribution in [0, 0.1) is 11.8 Å². The molecule has 2 fully saturated rings. The van der Waals surface area contributed by atoms with Crippen molar-refractivity contribution in [2.45, 2.75) is 57.1 Å². The fourth-order valence-corrected chi connectivity index (χ4v) is 3.83. The minimum absolute atomic E-state index is 0.790. The standard InChI is InChI=1S/C22H32N2O/c1-23-15-17-24(18-16-23)19-21-10-6-5-9-20(21)11-14-22(25)12-7-3-2-4-8-13-22/h5-6,9-10,25H,2-4,7-8,12-13,15-19H2,1H3. The molecule has 1 aromatic rings. The van der Waals surface area contributed by atoms with Gasteiger partial charge < -0.3 is 10.0 Å². The van der Waals surface area contributed by atoms with E-state index in [0.29, 0.717) is 0 Å². The zero-order valence-corrected chi connectivity index (χ0v) is 15.6. The monoisotopic (exact) mass is 340 g/mol. The molecule has 1 aromatic carbocycles. The smallest absolute Gasteiger partial charge is 0.125 e. The summed E-state index contributed by atoms with van der Waals surface area (Å²) in [4.78, 5) is 4.89. The summed E-state index contributed by atoms with van der Waals surface area (Å²) < 4.78 is 0. The van der Waals surface area contributed by atoms with E-state index in [0.717, 1.165) is 64.0 Å². The number of aliphatic hydroxyl groups is 1. The Balaban J connectivity index is 1.70. The van der Waals surface area contributed by atoms with Crippen molar-refractivity contribution in [3.63, 3.8) is 0 Å². The molecule has 3 heteroatoms. The Morgan fingerprint density at radius 3 is 2.32 bits per heavy atom. The SMILES string of the molecule is CN1CCN(Cc2ccccc2C#CC2(O)CCCCCCC2)CC1. The van der Waals surface area contributed by atoms with Crippen molar-refractivity contribution in [3.05, 3.63) is 35.4 Å². The van der Waals surface area contributed by atoms with Crippen LogP contribution in [0.3, 0.4) is 0 Å². The van der Waals surface area contributed by atoms with Gasteiger partial charge in [-0.25, -0.2) is 0 Å². The van der Waals surface area contributed by atoms with E-state index < -0.39 is 5.60 Å². The van der Waals surface area contributed by atoms with Crippen LogP contribution in [0.15, 0.2) is 24.3 Å². The Hall–Kier alpha value is -1.34. The molecule has 1 aliphatic heterocycles. The lowest BCUT2D eigenvalue weighted by Crippen LogP contribution is -2.43. The molecule has 3 rings (SSSR count). The molecule has 1 aliphatic carbocycles. The van der Waals surface area contributed by atoms with Crippen molar-refractivity contribution < 1.29 is 5.11 Å². The van der Waals surface area contributed by atoms with Crippen LogP contribution in [-0.2, 0) is 6.54 Å². The highest BCUT2D eigenvalue weighted by molar-refractivity contribution is 5.42. The molecule has 0 amide bonds. The lowest BCUT2D eigenvalue weighted by atomic mass is 9.87. The van der Waals surface area contributed by atoms with Crippen molar-refractivity contribution in [2.75, 3.05) is 33.2 Å². The number of benzene rings is 1. The molecule has 0 aromatic heterocycles. The molecule has 0 unspecified atom stereocenters. The van der Waals surface area contributed by atoms with E-state index in [1.54, 1.807) is 0 Å². The van der Waals surface area contributed by atoms with E-state index in [4.69, 9.17) is 0 Å². The Bertz CT molecular complexity index is 600. The second-order valence-corrected chi connectivity index (χ2v) is 7.79. The van der Waals surface area contributed by atoms with Gasteiger partial charge in [-0.1, -0.05) is 49.3 Å². The molecule has 1 saturated heterocycles. The first-order valence-electron chi connectivity index (χ1n) is 9.89. The largest absolute Gasteiger partial charge is 0.378 e. The Morgan fingerprint density at radius 1 is 0.960 bits per heavy atom. The minimum Gasteiger partial charge on any atom is -0.378 e. The molecule has 1 heterocycles. The maximum absolute atomic E-state index is 10.9. The van der Waals surface area contributed by atoms with Gasteiger partial charge in [0.1, 0.15) is 5.60 Å². The third kappa shape index (κ3) is 5.57. The van der Waals surface area contributed by atoms with E-state index in [-0.39, 0.29) is 0 Å². The highest BCUT2D eigenvalue weighted by Gasteiger charge is 2.24. The molecule has 0 bridgehead atoms. The third-order valence-corrected chi connectivity index (χ3v) is 5.62. The van der Waals surface area contributed by atoms with E-state index in [9.17, 15) is 5.11 Å². The number of hydrogen-bond acceptors (Lipinski definition) is 3. The lowest BCUT2D eigenvalue weighted by Gasteiger charge is -2.32. The van der Waals surface area contributed by atoms with Crippen LogP contribution >= 0.6 is 0 Å². The number of piperazine rings is 1. The summed E-state index contributed by atoms with van der Waals surface area (Å²) >= 11 is 0. The summed E-state index contributed by atoms with van der Waals surface area (Å²) in [5.41, 5.74) is 1.58. The number of rotatable bonds is 2. The Labute approximate surface area is 153 Å². The molecular weight excluding hydrogens is 308 g/mol. The molecule has 25 heavy (non-hydrogen) atoms. The fraction of sp³-hybridized carbons (Fsp3) is 0.636. The van der Waals surface area contributed by atoms with Crippen molar-refractivity contribution in [1.82, 2.24) is 9.80 Å². The summed E-state index contributed by atoms with van der Waals surface area (Å²) in [5.74, 6) is 6.58. The van der Waals surface area contributed by atoms with Crippen LogP contribution in [0.1, 0.15) is 56.1 Å². The number of likely N-dealkylation sites (N-methyl/N-ethyl adjacent to an activating group) is 1. The predicted octanol–water partition coefficient (Wildman–Crippen LogP) is 3.26. The maximum Gasteiger partial charge on any atom is 0.125 e. The average Bonchev–Trinajstić information content (AvgIpc) is 2.60. The van der Waals surface area contributed by atoms with Gasteiger partial charge >= 0.3 is 0 Å². The summed E-state index contributed by atoms with van der Waals surface area (Å²) in [5, 5.41) is 10.9. The summed E-state index contributed by atoms with van der Waals surface area (Å²) in [7, 11) is 2.19. The van der Waals surface area contributed by atoms with Gasteiger partial charge in [-0.15, -0.1) is 0 Å². The first kappa shape index (κ1) is 18.5. The number of hydrogen-bond donors (Lipinski definition) is 1. The van der Waals surface area contributed by atoms with Gasteiger partial charge in [-0.2, -0.15) is 0 Å². The molecule has 0 atom stereocenters. The van der Waals surface area contributed by atoms with Crippen LogP contribution < -0.4 is 0 Å². The molecule has 0 radical (unpaired) electrons. The van der Waals surface area contributed by atoms with Gasteiger partial charge in [-0.3, -0.25) is 4.90 Å². The third-order valence-electron chi connectivity index (χ3n) is 5.62. The summed E-state index contributed by atoms with van der Waals surface area (Å²) in [6, 6.07) is 8.44. The van der Waals surface area contributed by atoms with E-state index in [1.165, 1.54) is 24.8 Å². The first-order valence-corrected chi connectivity index (χ1v) is 9.89. The van der Waals surface area contributed by atoms with Gasteiger partial charge in [0.15, 0.2) is 0 Å². The van der Waals surface area contributed by atoms with Crippen LogP contribution in [-0.4, -0.2) is 53.7 Å². The predicted molar refractivity (Wildman–Crippen MR) is 103 cm³/mol. The lowest BCUT2D eigenvalue weighted by molar-refractivity contribution is 0.0718. The molecule has 0 spiro atoms. The van der Waals surface area contributed by atoms with E-state index in [1.807, 2.05) is 0 Å². The van der Waals surface area contributed by atoms with Gasteiger partial charge in [0.25, 0.3) is 0 Å². The molecular formula is C22H32N2O. The average molecular weight is 341 g/mol. The quantitative estimate of drug-likeness (QED) is 0.837. The van der Waals surface area contributed by atoms with Gasteiger partial charge in [0.2, 0.25) is 0 Å². The second-order valence-electron chi connectivity index (χ2n) is 7.79. The topological polar surface area (TPSA) is 26.7 Å². The fourth-order valence-electron chi connectivity index (χ4n) is 3.83. The van der Waals surface area contributed by atoms with Crippen molar-refractivity contribution >= 4 is 0 Å². The molecule has 1 N–H and O–H groups in total. The van der Waals surface area contributed by atoms with Crippen molar-refractivity contribution in [2.24, 2.45) is 0 Å².